The molecule has 63 heavy (non-hydrogen) atoms. The molecule has 16 nitrogen and oxygen atoms in total. The van der Waals surface area contributed by atoms with E-state index in [9.17, 15) is 24.3 Å². The first-order valence-corrected chi connectivity index (χ1v) is 21.5. The van der Waals surface area contributed by atoms with E-state index in [1.807, 2.05) is 38.2 Å². The van der Waals surface area contributed by atoms with Crippen LogP contribution in [0.5, 0.6) is 5.75 Å². The number of fused-ring (bicyclic) bond motifs is 6. The molecule has 6 bridgehead atoms. The van der Waals surface area contributed by atoms with Crippen LogP contribution in [0.3, 0.4) is 0 Å². The largest absolute Gasteiger partial charge is 0.508 e. The number of hydrazine groups is 1. The Hall–Kier alpha value is -6.26. The van der Waals surface area contributed by atoms with Crippen molar-refractivity contribution in [3.05, 3.63) is 88.1 Å². The van der Waals surface area contributed by atoms with Gasteiger partial charge in [-0.2, -0.15) is 0 Å². The van der Waals surface area contributed by atoms with Crippen molar-refractivity contribution < 1.29 is 29.0 Å². The van der Waals surface area contributed by atoms with E-state index in [2.05, 4.69) is 63.2 Å². The predicted molar refractivity (Wildman–Crippen MR) is 242 cm³/mol. The molecule has 6 N–H and O–H groups in total. The molecule has 2 aliphatic rings. The minimum atomic E-state index is -1.25. The number of carbonyl (C=O) groups excluding carboxylic acids is 3. The van der Waals surface area contributed by atoms with Gasteiger partial charge < -0.3 is 35.1 Å². The summed E-state index contributed by atoms with van der Waals surface area (Å²) in [5.41, 5.74) is 13.8. The van der Waals surface area contributed by atoms with Gasteiger partial charge in [-0.1, -0.05) is 39.8 Å². The number of anilines is 2. The lowest BCUT2D eigenvalue weighted by molar-refractivity contribution is -0.162. The number of methoxy groups -OCH3 is 1. The maximum atomic E-state index is 14.8. The maximum Gasteiger partial charge on any atom is 0.327 e. The van der Waals surface area contributed by atoms with Crippen molar-refractivity contribution in [2.45, 2.75) is 98.0 Å². The Kier molecular flexibility index (Phi) is 12.7. The van der Waals surface area contributed by atoms with E-state index in [1.165, 1.54) is 16.1 Å². The molecule has 0 radical (unpaired) electrons. The van der Waals surface area contributed by atoms with Gasteiger partial charge in [0.1, 0.15) is 29.1 Å². The number of amides is 2. The molecule has 2 aromatic carbocycles. The van der Waals surface area contributed by atoms with Crippen LogP contribution in [0.25, 0.3) is 33.3 Å². The predicted octanol–water partition coefficient (Wildman–Crippen LogP) is 5.11. The van der Waals surface area contributed by atoms with Gasteiger partial charge in [0.15, 0.2) is 5.95 Å². The first-order valence-electron chi connectivity index (χ1n) is 21.5. The molecular weight excluding hydrogens is 803 g/mol. The van der Waals surface area contributed by atoms with Gasteiger partial charge in [0.05, 0.1) is 25.1 Å². The zero-order valence-electron chi connectivity index (χ0n) is 37.4. The number of hydrogen-bond acceptors (Lipinski definition) is 12. The monoisotopic (exact) mass is 861 g/mol. The molecule has 3 atom stereocenters. The van der Waals surface area contributed by atoms with Gasteiger partial charge in [0.25, 0.3) is 11.5 Å². The van der Waals surface area contributed by atoms with E-state index in [-0.39, 0.29) is 42.9 Å². The number of carbonyl (C=O) groups is 3. The quantitative estimate of drug-likeness (QED) is 0.123. The number of hydrogen-bond donors (Lipinski definition) is 5. The fraction of sp³-hybridized carbons (Fsp3) is 0.447. The van der Waals surface area contributed by atoms with Gasteiger partial charge in [-0.3, -0.25) is 29.4 Å². The number of aromatic amines is 1. The normalized spacial score (nSPS) is 19.7. The minimum absolute atomic E-state index is 0.00875. The minimum Gasteiger partial charge on any atom is -0.508 e. The van der Waals surface area contributed by atoms with Gasteiger partial charge in [-0.05, 0) is 97.2 Å². The number of ether oxygens (including phenoxy) is 2. The fourth-order valence-corrected chi connectivity index (χ4v) is 9.17. The molecule has 5 heterocycles. The van der Waals surface area contributed by atoms with E-state index in [1.54, 1.807) is 39.4 Å². The SMILES string of the molecule is CCn1c(-c2cnccc2COC)c2c3cc(ccc31)-c1cc(O)cc(c1)C[C@H](NC(=O)[C@H](C(C)C)N(C)c1cnc(N)[nH]c1=O)C(=O)N1CCC[C@@](C)(N1)C(=O)OCC(C)(C)C2. The van der Waals surface area contributed by atoms with E-state index in [0.29, 0.717) is 38.0 Å². The number of nitrogen functional groups attached to an aromatic ring is 1. The molecule has 2 aliphatic heterocycles. The number of nitrogens with zero attached hydrogens (tertiary/aromatic N) is 5. The number of likely N-dealkylation sites (N-methyl/N-ethyl adjacent to an activating group) is 1. The molecule has 0 aliphatic carbocycles. The van der Waals surface area contributed by atoms with Crippen molar-refractivity contribution in [2.75, 3.05) is 37.9 Å². The summed E-state index contributed by atoms with van der Waals surface area (Å²) in [6.07, 6.45) is 6.38. The van der Waals surface area contributed by atoms with Gasteiger partial charge in [-0.15, -0.1) is 0 Å². The number of aromatic hydroxyl groups is 1. The van der Waals surface area contributed by atoms with E-state index < -0.39 is 46.4 Å². The van der Waals surface area contributed by atoms with Crippen LogP contribution < -0.4 is 26.9 Å². The first kappa shape index (κ1) is 44.8. The fourth-order valence-electron chi connectivity index (χ4n) is 9.17. The van der Waals surface area contributed by atoms with Gasteiger partial charge in [-0.25, -0.2) is 15.2 Å². The molecule has 5 aromatic rings. The molecular formula is C47H59N9O7. The molecule has 7 rings (SSSR count). The lowest BCUT2D eigenvalue weighted by atomic mass is 9.84. The van der Waals surface area contributed by atoms with Crippen molar-refractivity contribution in [3.8, 4) is 28.1 Å². The molecule has 3 aromatic heterocycles. The summed E-state index contributed by atoms with van der Waals surface area (Å²) in [4.78, 5) is 68.9. The zero-order chi connectivity index (χ0) is 45.4. The molecule has 1 saturated heterocycles. The number of H-pyrrole nitrogens is 1. The highest BCUT2D eigenvalue weighted by Crippen LogP contribution is 2.41. The molecule has 334 valence electrons. The number of benzene rings is 2. The molecule has 0 spiro atoms. The topological polar surface area (TPSA) is 210 Å². The Labute approximate surface area is 367 Å². The second-order valence-corrected chi connectivity index (χ2v) is 18.2. The van der Waals surface area contributed by atoms with Crippen LogP contribution in [0.2, 0.25) is 0 Å². The van der Waals surface area contributed by atoms with Crippen LogP contribution in [-0.2, 0) is 49.9 Å². The van der Waals surface area contributed by atoms with Crippen molar-refractivity contribution >= 4 is 40.3 Å². The van der Waals surface area contributed by atoms with Gasteiger partial charge in [0.2, 0.25) is 5.91 Å². The van der Waals surface area contributed by atoms with Crippen molar-refractivity contribution in [2.24, 2.45) is 11.3 Å². The molecule has 2 amide bonds. The second-order valence-electron chi connectivity index (χ2n) is 18.2. The molecule has 16 heteroatoms. The smallest absolute Gasteiger partial charge is 0.327 e. The Morgan fingerprint density at radius 1 is 1.11 bits per heavy atom. The summed E-state index contributed by atoms with van der Waals surface area (Å²) in [6, 6.07) is 11.3. The Bertz CT molecular complexity index is 2600. The average Bonchev–Trinajstić information content (AvgIpc) is 3.53. The summed E-state index contributed by atoms with van der Waals surface area (Å²) >= 11 is 0. The number of nitrogens with one attached hydrogen (secondary N) is 3. The third kappa shape index (κ3) is 9.14. The molecule has 0 unspecified atom stereocenters. The van der Waals surface area contributed by atoms with Crippen molar-refractivity contribution in [1.29, 1.82) is 0 Å². The van der Waals surface area contributed by atoms with Crippen molar-refractivity contribution in [1.82, 2.24) is 35.3 Å². The van der Waals surface area contributed by atoms with E-state index in [4.69, 9.17) is 15.2 Å². The lowest BCUT2D eigenvalue weighted by Crippen LogP contribution is -2.66. The summed E-state index contributed by atoms with van der Waals surface area (Å²) in [5.74, 6) is -1.88. The van der Waals surface area contributed by atoms with Crippen LogP contribution in [0.1, 0.15) is 71.1 Å². The maximum absolute atomic E-state index is 14.8. The first-order chi connectivity index (χ1) is 29.9. The van der Waals surface area contributed by atoms with Crippen molar-refractivity contribution in [3.63, 3.8) is 0 Å². The third-order valence-electron chi connectivity index (χ3n) is 12.2. The number of aromatic nitrogens is 4. The zero-order valence-corrected chi connectivity index (χ0v) is 37.4. The second kappa shape index (κ2) is 17.8. The molecule has 1 fully saturated rings. The van der Waals surface area contributed by atoms with Crippen LogP contribution in [-0.4, -0.2) is 92.3 Å². The Balaban J connectivity index is 1.37. The summed E-state index contributed by atoms with van der Waals surface area (Å²) < 4.78 is 14.1. The highest BCUT2D eigenvalue weighted by atomic mass is 16.5. The number of esters is 1. The van der Waals surface area contributed by atoms with Gasteiger partial charge in [0, 0.05) is 67.9 Å². The number of nitrogens with two attached hydrogens (primary N) is 1. The highest BCUT2D eigenvalue weighted by molar-refractivity contribution is 5.96. The van der Waals surface area contributed by atoms with Gasteiger partial charge >= 0.3 is 5.97 Å². The van der Waals surface area contributed by atoms with Crippen LogP contribution in [0.4, 0.5) is 11.6 Å². The summed E-state index contributed by atoms with van der Waals surface area (Å²) in [7, 11) is 3.28. The number of phenolic OH excluding ortho intramolecular Hbond substituents is 1. The number of phenols is 1. The van der Waals surface area contributed by atoms with Crippen LogP contribution in [0, 0.1) is 11.3 Å². The summed E-state index contributed by atoms with van der Waals surface area (Å²) in [5, 5.41) is 16.7. The van der Waals surface area contributed by atoms with E-state index >= 15 is 0 Å². The number of pyridine rings is 1. The summed E-state index contributed by atoms with van der Waals surface area (Å²) in [6.45, 7) is 13.1. The van der Waals surface area contributed by atoms with Crippen LogP contribution >= 0.6 is 0 Å². The average molecular weight is 862 g/mol. The highest BCUT2D eigenvalue weighted by Gasteiger charge is 2.43. The van der Waals surface area contributed by atoms with E-state index in [0.717, 1.165) is 44.4 Å². The third-order valence-corrected chi connectivity index (χ3v) is 12.2. The Morgan fingerprint density at radius 3 is 2.60 bits per heavy atom. The number of aryl methyl sites for hydroxylation is 1. The number of rotatable bonds is 9. The number of cyclic esters (lactones) is 1. The Morgan fingerprint density at radius 2 is 1.89 bits per heavy atom. The standard InChI is InChI=1S/C47H59N9O7/c1-9-55-37-12-11-29-21-33(37)34(40(55)35-23-49-15-13-30(35)25-62-8)22-46(4,5)26-63-44(61)47(6)14-10-16-56(53-47)43(60)36(19-28-17-31(29)20-32(57)18-28)51-42(59)39(27(2)3)54(7)38-24-50-45(48)52-41(38)58/h11-13,15,17-18,20-21,23-24,27,36,39,53,57H,9-10,14,16,19,22,25-26H2,1-8H3,(H,51,59)(H3,48,50,52,58)/t36-,39-,47+/m0/s1. The van der Waals surface area contributed by atoms with Crippen LogP contribution in [0.15, 0.2) is 65.8 Å². The lowest BCUT2D eigenvalue weighted by Gasteiger charge is -2.41. The molecule has 0 saturated carbocycles.